The predicted molar refractivity (Wildman–Crippen MR) is 75.7 cm³/mol. The topological polar surface area (TPSA) is 56.6 Å². The Morgan fingerprint density at radius 3 is 2.75 bits per heavy atom. The van der Waals surface area contributed by atoms with Crippen LogP contribution in [-0.2, 0) is 4.74 Å². The number of nitriles is 1. The Kier molecular flexibility index (Phi) is 3.46. The second kappa shape index (κ2) is 5.41. The van der Waals surface area contributed by atoms with Gasteiger partial charge in [-0.1, -0.05) is 12.1 Å². The number of para-hydroxylation sites is 2. The molecule has 1 atom stereocenters. The van der Waals surface area contributed by atoms with Gasteiger partial charge in [0, 0.05) is 13.1 Å². The number of anilines is 2. The van der Waals surface area contributed by atoms with Crippen molar-refractivity contribution in [1.82, 2.24) is 0 Å². The standard InChI is InChI=1S/C15H17N3O2/c16-10-12-4-3-7-17(11-12)13-5-1-2-6-14(13)18-8-9-20-15(18)19/h1-2,5-6,12H,3-4,7-9,11H2. The van der Waals surface area contributed by atoms with Crippen molar-refractivity contribution < 1.29 is 9.53 Å². The molecular formula is C15H17N3O2. The maximum Gasteiger partial charge on any atom is 0.414 e. The largest absolute Gasteiger partial charge is 0.447 e. The van der Waals surface area contributed by atoms with E-state index in [4.69, 9.17) is 10.00 Å². The highest BCUT2D eigenvalue weighted by Gasteiger charge is 2.28. The molecule has 2 heterocycles. The molecule has 2 fully saturated rings. The van der Waals surface area contributed by atoms with E-state index in [1.807, 2.05) is 24.3 Å². The molecule has 1 aromatic carbocycles. The first kappa shape index (κ1) is 12.8. The minimum atomic E-state index is -0.286. The number of piperidine rings is 1. The molecule has 0 bridgehead atoms. The second-order valence-electron chi connectivity index (χ2n) is 5.17. The normalized spacial score (nSPS) is 22.6. The average Bonchev–Trinajstić information content (AvgIpc) is 2.93. The highest BCUT2D eigenvalue weighted by molar-refractivity contribution is 5.93. The maximum atomic E-state index is 11.8. The third-order valence-electron chi connectivity index (χ3n) is 3.88. The van der Waals surface area contributed by atoms with Crippen molar-refractivity contribution in [3.63, 3.8) is 0 Å². The molecule has 0 N–H and O–H groups in total. The summed E-state index contributed by atoms with van der Waals surface area (Å²) >= 11 is 0. The third-order valence-corrected chi connectivity index (χ3v) is 3.88. The fourth-order valence-electron chi connectivity index (χ4n) is 2.87. The molecule has 2 aliphatic rings. The fraction of sp³-hybridized carbons (Fsp3) is 0.467. The number of hydrogen-bond donors (Lipinski definition) is 0. The van der Waals surface area contributed by atoms with Crippen LogP contribution in [0, 0.1) is 17.2 Å². The molecule has 104 valence electrons. The van der Waals surface area contributed by atoms with Gasteiger partial charge in [0.25, 0.3) is 0 Å². The highest BCUT2D eigenvalue weighted by atomic mass is 16.6. The zero-order valence-electron chi connectivity index (χ0n) is 11.3. The molecule has 5 heteroatoms. The molecule has 2 saturated heterocycles. The van der Waals surface area contributed by atoms with E-state index in [2.05, 4.69) is 11.0 Å². The van der Waals surface area contributed by atoms with Gasteiger partial charge in [-0.3, -0.25) is 4.90 Å². The number of rotatable bonds is 2. The quantitative estimate of drug-likeness (QED) is 0.828. The summed E-state index contributed by atoms with van der Waals surface area (Å²) in [5.74, 6) is 0.0716. The molecule has 3 rings (SSSR count). The fourth-order valence-corrected chi connectivity index (χ4v) is 2.87. The second-order valence-corrected chi connectivity index (χ2v) is 5.17. The van der Waals surface area contributed by atoms with E-state index in [-0.39, 0.29) is 12.0 Å². The van der Waals surface area contributed by atoms with E-state index in [0.29, 0.717) is 13.2 Å². The molecule has 2 aliphatic heterocycles. The van der Waals surface area contributed by atoms with Gasteiger partial charge in [-0.2, -0.15) is 5.26 Å². The number of cyclic esters (lactones) is 1. The molecule has 0 aliphatic carbocycles. The lowest BCUT2D eigenvalue weighted by Gasteiger charge is -2.34. The summed E-state index contributed by atoms with van der Waals surface area (Å²) in [7, 11) is 0. The van der Waals surface area contributed by atoms with Crippen LogP contribution in [0.25, 0.3) is 0 Å². The zero-order valence-corrected chi connectivity index (χ0v) is 11.3. The zero-order chi connectivity index (χ0) is 13.9. The molecule has 1 aromatic rings. The summed E-state index contributed by atoms with van der Waals surface area (Å²) in [6, 6.07) is 10.2. The number of carbonyl (C=O) groups is 1. The van der Waals surface area contributed by atoms with Crippen LogP contribution in [0.5, 0.6) is 0 Å². The molecule has 20 heavy (non-hydrogen) atoms. The van der Waals surface area contributed by atoms with Crippen molar-refractivity contribution >= 4 is 17.5 Å². The van der Waals surface area contributed by atoms with Crippen molar-refractivity contribution in [3.8, 4) is 6.07 Å². The first-order chi connectivity index (χ1) is 9.79. The lowest BCUT2D eigenvalue weighted by Crippen LogP contribution is -2.36. The van der Waals surface area contributed by atoms with Crippen LogP contribution in [0.1, 0.15) is 12.8 Å². The molecule has 1 amide bonds. The summed E-state index contributed by atoms with van der Waals surface area (Å²) < 4.78 is 5.02. The first-order valence-electron chi connectivity index (χ1n) is 6.97. The number of hydrogen-bond acceptors (Lipinski definition) is 4. The Morgan fingerprint density at radius 2 is 2.05 bits per heavy atom. The third kappa shape index (κ3) is 2.29. The summed E-state index contributed by atoms with van der Waals surface area (Å²) in [4.78, 5) is 15.6. The Hall–Kier alpha value is -2.22. The summed E-state index contributed by atoms with van der Waals surface area (Å²) in [5.41, 5.74) is 1.90. The van der Waals surface area contributed by atoms with Crippen LogP contribution < -0.4 is 9.80 Å². The van der Waals surface area contributed by atoms with E-state index in [9.17, 15) is 4.79 Å². The highest BCUT2D eigenvalue weighted by Crippen LogP contribution is 2.33. The Bertz CT molecular complexity index is 552. The van der Waals surface area contributed by atoms with Crippen molar-refractivity contribution in [2.75, 3.05) is 36.0 Å². The first-order valence-corrected chi connectivity index (χ1v) is 6.97. The molecule has 0 saturated carbocycles. The van der Waals surface area contributed by atoms with E-state index in [0.717, 1.165) is 37.3 Å². The van der Waals surface area contributed by atoms with E-state index in [1.165, 1.54) is 0 Å². The average molecular weight is 271 g/mol. The van der Waals surface area contributed by atoms with Crippen LogP contribution in [0.4, 0.5) is 16.2 Å². The molecule has 0 aromatic heterocycles. The van der Waals surface area contributed by atoms with E-state index >= 15 is 0 Å². The Balaban J connectivity index is 1.90. The van der Waals surface area contributed by atoms with Crippen LogP contribution in [0.2, 0.25) is 0 Å². The predicted octanol–water partition coefficient (Wildman–Crippen LogP) is 2.38. The number of benzene rings is 1. The lowest BCUT2D eigenvalue weighted by atomic mass is 9.99. The summed E-state index contributed by atoms with van der Waals surface area (Å²) in [6.45, 7) is 2.69. The smallest absolute Gasteiger partial charge is 0.414 e. The van der Waals surface area contributed by atoms with Crippen molar-refractivity contribution in [1.29, 1.82) is 5.26 Å². The molecular weight excluding hydrogens is 254 g/mol. The Morgan fingerprint density at radius 1 is 1.25 bits per heavy atom. The SMILES string of the molecule is N#CC1CCCN(c2ccccc2N2CCOC2=O)C1. The van der Waals surface area contributed by atoms with Crippen molar-refractivity contribution in [2.45, 2.75) is 12.8 Å². The van der Waals surface area contributed by atoms with Gasteiger partial charge in [0.1, 0.15) is 6.61 Å². The van der Waals surface area contributed by atoms with Gasteiger partial charge in [0.05, 0.1) is 29.9 Å². The summed E-state index contributed by atoms with van der Waals surface area (Å²) in [6.07, 6.45) is 1.68. The van der Waals surface area contributed by atoms with Crippen molar-refractivity contribution in [2.24, 2.45) is 5.92 Å². The lowest BCUT2D eigenvalue weighted by molar-refractivity contribution is 0.181. The van der Waals surface area contributed by atoms with Crippen LogP contribution in [0.15, 0.2) is 24.3 Å². The van der Waals surface area contributed by atoms with Gasteiger partial charge in [-0.25, -0.2) is 4.79 Å². The number of carbonyl (C=O) groups excluding carboxylic acids is 1. The van der Waals surface area contributed by atoms with Gasteiger partial charge in [-0.05, 0) is 25.0 Å². The minimum Gasteiger partial charge on any atom is -0.447 e. The Labute approximate surface area is 118 Å². The summed E-state index contributed by atoms with van der Waals surface area (Å²) in [5, 5.41) is 9.12. The molecule has 0 radical (unpaired) electrons. The monoisotopic (exact) mass is 271 g/mol. The van der Waals surface area contributed by atoms with Gasteiger partial charge >= 0.3 is 6.09 Å². The minimum absolute atomic E-state index is 0.0716. The number of amides is 1. The van der Waals surface area contributed by atoms with E-state index in [1.54, 1.807) is 4.90 Å². The van der Waals surface area contributed by atoms with Gasteiger partial charge < -0.3 is 9.64 Å². The molecule has 0 spiro atoms. The number of ether oxygens (including phenoxy) is 1. The van der Waals surface area contributed by atoms with Crippen LogP contribution in [0.3, 0.4) is 0 Å². The maximum absolute atomic E-state index is 11.8. The molecule has 1 unspecified atom stereocenters. The molecule has 5 nitrogen and oxygen atoms in total. The van der Waals surface area contributed by atoms with Gasteiger partial charge in [0.2, 0.25) is 0 Å². The van der Waals surface area contributed by atoms with Gasteiger partial charge in [-0.15, -0.1) is 0 Å². The van der Waals surface area contributed by atoms with Crippen LogP contribution >= 0.6 is 0 Å². The van der Waals surface area contributed by atoms with Crippen LogP contribution in [-0.4, -0.2) is 32.3 Å². The number of nitrogens with zero attached hydrogens (tertiary/aromatic N) is 3. The van der Waals surface area contributed by atoms with E-state index < -0.39 is 0 Å². The van der Waals surface area contributed by atoms with Crippen molar-refractivity contribution in [3.05, 3.63) is 24.3 Å². The van der Waals surface area contributed by atoms with Gasteiger partial charge in [0.15, 0.2) is 0 Å².